The molecule has 0 spiro atoms. The van der Waals surface area contributed by atoms with Crippen molar-refractivity contribution >= 4 is 0 Å². The van der Waals surface area contributed by atoms with Crippen LogP contribution in [0.2, 0.25) is 0 Å². The van der Waals surface area contributed by atoms with E-state index in [-0.39, 0.29) is 6.04 Å². The number of hydrogen-bond acceptors (Lipinski definition) is 3. The number of rotatable bonds is 2. The molecule has 2 rings (SSSR count). The average molecular weight is 188 g/mol. The molecule has 14 heavy (non-hydrogen) atoms. The average Bonchev–Trinajstić information content (AvgIpc) is 2.69. The smallest absolute Gasteiger partial charge is 0.0953 e. The second-order valence-corrected chi connectivity index (χ2v) is 3.26. The Bertz CT molecular complexity index is 409. The normalized spacial score (nSPS) is 12.7. The Labute approximate surface area is 82.6 Å². The van der Waals surface area contributed by atoms with Crippen molar-refractivity contribution in [2.24, 2.45) is 5.73 Å². The van der Waals surface area contributed by atoms with Gasteiger partial charge in [0.25, 0.3) is 0 Å². The van der Waals surface area contributed by atoms with Gasteiger partial charge in [0.05, 0.1) is 18.6 Å². The lowest BCUT2D eigenvalue weighted by Gasteiger charge is -2.09. The largest absolute Gasteiger partial charge is 0.472 e. The highest BCUT2D eigenvalue weighted by Crippen LogP contribution is 2.19. The van der Waals surface area contributed by atoms with Gasteiger partial charge in [0, 0.05) is 17.5 Å². The van der Waals surface area contributed by atoms with E-state index in [1.807, 2.05) is 25.1 Å². The first kappa shape index (κ1) is 8.97. The molecule has 0 saturated heterocycles. The summed E-state index contributed by atoms with van der Waals surface area (Å²) in [5.74, 6) is 0. The van der Waals surface area contributed by atoms with E-state index in [0.717, 1.165) is 16.8 Å². The van der Waals surface area contributed by atoms with Crippen LogP contribution in [0.15, 0.2) is 41.3 Å². The minimum atomic E-state index is -0.129. The predicted molar refractivity (Wildman–Crippen MR) is 53.7 cm³/mol. The Morgan fingerprint density at radius 1 is 1.36 bits per heavy atom. The highest BCUT2D eigenvalue weighted by molar-refractivity contribution is 5.28. The number of nitrogens with zero attached hydrogens (tertiary/aromatic N) is 1. The van der Waals surface area contributed by atoms with Crippen LogP contribution >= 0.6 is 0 Å². The minimum absolute atomic E-state index is 0.129. The maximum Gasteiger partial charge on any atom is 0.0953 e. The van der Waals surface area contributed by atoms with E-state index >= 15 is 0 Å². The maximum absolute atomic E-state index is 6.04. The van der Waals surface area contributed by atoms with Gasteiger partial charge in [-0.05, 0) is 30.7 Å². The lowest BCUT2D eigenvalue weighted by Crippen LogP contribution is -2.11. The van der Waals surface area contributed by atoms with Gasteiger partial charge in [-0.3, -0.25) is 4.98 Å². The van der Waals surface area contributed by atoms with Crippen LogP contribution in [0.4, 0.5) is 0 Å². The van der Waals surface area contributed by atoms with Gasteiger partial charge in [-0.1, -0.05) is 0 Å². The number of nitrogens with two attached hydrogens (primary N) is 1. The summed E-state index contributed by atoms with van der Waals surface area (Å²) < 4.78 is 4.99. The van der Waals surface area contributed by atoms with Crippen molar-refractivity contribution < 1.29 is 4.42 Å². The van der Waals surface area contributed by atoms with Crippen molar-refractivity contribution in [2.75, 3.05) is 0 Å². The molecule has 2 aromatic rings. The van der Waals surface area contributed by atoms with Crippen LogP contribution in [0.3, 0.4) is 0 Å². The maximum atomic E-state index is 6.04. The highest BCUT2D eigenvalue weighted by atomic mass is 16.3. The van der Waals surface area contributed by atoms with E-state index in [1.54, 1.807) is 18.7 Å². The van der Waals surface area contributed by atoms with Gasteiger partial charge in [0.2, 0.25) is 0 Å². The van der Waals surface area contributed by atoms with Crippen molar-refractivity contribution in [3.05, 3.63) is 53.7 Å². The summed E-state index contributed by atoms with van der Waals surface area (Å²) in [5.41, 5.74) is 9.05. The van der Waals surface area contributed by atoms with Gasteiger partial charge in [-0.25, -0.2) is 0 Å². The van der Waals surface area contributed by atoms with Crippen LogP contribution in [0.5, 0.6) is 0 Å². The molecule has 0 radical (unpaired) electrons. The van der Waals surface area contributed by atoms with E-state index in [1.165, 1.54) is 0 Å². The molecule has 3 heteroatoms. The summed E-state index contributed by atoms with van der Waals surface area (Å²) in [6, 6.07) is 5.65. The van der Waals surface area contributed by atoms with Gasteiger partial charge in [-0.2, -0.15) is 0 Å². The fraction of sp³-hybridized carbons (Fsp3) is 0.182. The predicted octanol–water partition coefficient (Wildman–Crippen LogP) is 2.03. The molecule has 72 valence electrons. The molecule has 0 amide bonds. The molecule has 2 aromatic heterocycles. The van der Waals surface area contributed by atoms with Gasteiger partial charge in [0.1, 0.15) is 0 Å². The van der Waals surface area contributed by atoms with Gasteiger partial charge in [-0.15, -0.1) is 0 Å². The molecule has 0 fully saturated rings. The van der Waals surface area contributed by atoms with Crippen LogP contribution in [-0.2, 0) is 0 Å². The van der Waals surface area contributed by atoms with Crippen molar-refractivity contribution in [3.8, 4) is 0 Å². The summed E-state index contributed by atoms with van der Waals surface area (Å²) in [7, 11) is 0. The number of pyridine rings is 1. The van der Waals surface area contributed by atoms with E-state index < -0.39 is 0 Å². The third-order valence-electron chi connectivity index (χ3n) is 2.18. The third-order valence-corrected chi connectivity index (χ3v) is 2.18. The molecule has 2 N–H and O–H groups in total. The molecule has 0 saturated carbocycles. The molecule has 2 heterocycles. The molecule has 0 aliphatic heterocycles. The third kappa shape index (κ3) is 1.67. The van der Waals surface area contributed by atoms with Crippen molar-refractivity contribution in [3.63, 3.8) is 0 Å². The summed E-state index contributed by atoms with van der Waals surface area (Å²) in [5, 5.41) is 0. The molecule has 0 bridgehead atoms. The van der Waals surface area contributed by atoms with Crippen molar-refractivity contribution in [2.45, 2.75) is 13.0 Å². The second-order valence-electron chi connectivity index (χ2n) is 3.26. The number of aryl methyl sites for hydroxylation is 1. The summed E-state index contributed by atoms with van der Waals surface area (Å²) in [4.78, 5) is 4.12. The quantitative estimate of drug-likeness (QED) is 0.784. The number of hydrogen-bond donors (Lipinski definition) is 1. The van der Waals surface area contributed by atoms with Crippen LogP contribution in [-0.4, -0.2) is 4.98 Å². The van der Waals surface area contributed by atoms with Crippen molar-refractivity contribution in [1.82, 2.24) is 4.98 Å². The van der Waals surface area contributed by atoms with E-state index in [0.29, 0.717) is 0 Å². The molecule has 0 aromatic carbocycles. The Balaban J connectivity index is 2.32. The fourth-order valence-corrected chi connectivity index (χ4v) is 1.41. The Morgan fingerprint density at radius 3 is 2.86 bits per heavy atom. The standard InChI is InChI=1S/C11H12N2O/c1-8-6-9(2-4-13-8)11(12)10-3-5-14-7-10/h2-7,11H,12H2,1H3. The Hall–Kier alpha value is -1.61. The fourth-order valence-electron chi connectivity index (χ4n) is 1.41. The molecule has 0 aliphatic rings. The minimum Gasteiger partial charge on any atom is -0.472 e. The Kier molecular flexibility index (Phi) is 2.33. The summed E-state index contributed by atoms with van der Waals surface area (Å²) >= 11 is 0. The van der Waals surface area contributed by atoms with E-state index in [4.69, 9.17) is 10.2 Å². The van der Waals surface area contributed by atoms with Crippen LogP contribution < -0.4 is 5.73 Å². The van der Waals surface area contributed by atoms with Crippen LogP contribution in [0.25, 0.3) is 0 Å². The lowest BCUT2D eigenvalue weighted by molar-refractivity contribution is 0.562. The summed E-state index contributed by atoms with van der Waals surface area (Å²) in [6.45, 7) is 1.95. The van der Waals surface area contributed by atoms with Gasteiger partial charge in [0.15, 0.2) is 0 Å². The lowest BCUT2D eigenvalue weighted by atomic mass is 10.0. The molecule has 1 unspecified atom stereocenters. The van der Waals surface area contributed by atoms with E-state index in [2.05, 4.69) is 4.98 Å². The molecule has 0 aliphatic carbocycles. The Morgan fingerprint density at radius 2 is 2.21 bits per heavy atom. The first-order valence-corrected chi connectivity index (χ1v) is 4.47. The zero-order valence-corrected chi connectivity index (χ0v) is 7.97. The second kappa shape index (κ2) is 3.64. The SMILES string of the molecule is Cc1cc(C(N)c2ccoc2)ccn1. The molecular weight excluding hydrogens is 176 g/mol. The molecule has 3 nitrogen and oxygen atoms in total. The zero-order valence-electron chi connectivity index (χ0n) is 7.97. The van der Waals surface area contributed by atoms with Gasteiger partial charge < -0.3 is 10.2 Å². The molecule has 1 atom stereocenters. The van der Waals surface area contributed by atoms with Crippen LogP contribution in [0.1, 0.15) is 22.9 Å². The van der Waals surface area contributed by atoms with E-state index in [9.17, 15) is 0 Å². The monoisotopic (exact) mass is 188 g/mol. The summed E-state index contributed by atoms with van der Waals surface area (Å²) in [6.07, 6.45) is 5.06. The number of aromatic nitrogens is 1. The van der Waals surface area contributed by atoms with Gasteiger partial charge >= 0.3 is 0 Å². The first-order valence-electron chi connectivity index (χ1n) is 4.47. The first-order chi connectivity index (χ1) is 6.77. The molecular formula is C11H12N2O. The zero-order chi connectivity index (χ0) is 9.97. The van der Waals surface area contributed by atoms with Crippen molar-refractivity contribution in [1.29, 1.82) is 0 Å². The topological polar surface area (TPSA) is 52.0 Å². The van der Waals surface area contributed by atoms with Crippen LogP contribution in [0, 0.1) is 6.92 Å². The highest BCUT2D eigenvalue weighted by Gasteiger charge is 2.09. The number of furan rings is 1.